The number of carbonyl (C=O) groups is 1. The van der Waals surface area contributed by atoms with Crippen LogP contribution in [0.15, 0.2) is 11.1 Å². The summed E-state index contributed by atoms with van der Waals surface area (Å²) in [6.07, 6.45) is 4.97. The van der Waals surface area contributed by atoms with Crippen LogP contribution in [-0.4, -0.2) is 5.78 Å². The topological polar surface area (TPSA) is 17.1 Å². The Kier molecular flexibility index (Phi) is 3.71. The fraction of sp³-hybridized carbons (Fsp3) is 0.750. The molecule has 0 amide bonds. The highest BCUT2D eigenvalue weighted by Gasteiger charge is 2.24. The minimum atomic E-state index is 0.458. The molecule has 0 saturated heterocycles. The van der Waals surface area contributed by atoms with Crippen LogP contribution in [0.25, 0.3) is 0 Å². The molecule has 1 saturated carbocycles. The molecule has 0 N–H and O–H groups in total. The summed E-state index contributed by atoms with van der Waals surface area (Å²) < 4.78 is 0. The normalized spacial score (nSPS) is 24.8. The molecule has 0 heterocycles. The fourth-order valence-corrected chi connectivity index (χ4v) is 2.28. The maximum atomic E-state index is 11.2. The summed E-state index contributed by atoms with van der Waals surface area (Å²) >= 11 is 0. The number of allylic oxidation sites excluding steroid dienone is 2. The van der Waals surface area contributed by atoms with E-state index in [0.717, 1.165) is 32.1 Å². The van der Waals surface area contributed by atoms with Crippen molar-refractivity contribution in [2.45, 2.75) is 52.9 Å². The van der Waals surface area contributed by atoms with Gasteiger partial charge in [-0.2, -0.15) is 0 Å². The molecule has 0 bridgehead atoms. The van der Waals surface area contributed by atoms with E-state index in [9.17, 15) is 4.79 Å². The lowest BCUT2D eigenvalue weighted by molar-refractivity contribution is -0.117. The van der Waals surface area contributed by atoms with E-state index in [1.807, 2.05) is 0 Å². The maximum absolute atomic E-state index is 11.2. The molecule has 1 aliphatic rings. The largest absolute Gasteiger partial charge is 0.300 e. The highest BCUT2D eigenvalue weighted by atomic mass is 16.1. The smallest absolute Gasteiger partial charge is 0.133 e. The van der Waals surface area contributed by atoms with Gasteiger partial charge in [-0.05, 0) is 32.1 Å². The van der Waals surface area contributed by atoms with Gasteiger partial charge in [-0.15, -0.1) is 0 Å². The van der Waals surface area contributed by atoms with Crippen LogP contribution in [0.4, 0.5) is 0 Å². The second-order valence-electron chi connectivity index (χ2n) is 3.99. The Hall–Kier alpha value is -0.590. The van der Waals surface area contributed by atoms with Gasteiger partial charge in [0.2, 0.25) is 0 Å². The molecular weight excluding hydrogens is 160 g/mol. The number of hydrogen-bond acceptors (Lipinski definition) is 1. The van der Waals surface area contributed by atoms with E-state index >= 15 is 0 Å². The van der Waals surface area contributed by atoms with E-state index in [2.05, 4.69) is 20.8 Å². The van der Waals surface area contributed by atoms with Crippen LogP contribution < -0.4 is 0 Å². The van der Waals surface area contributed by atoms with Gasteiger partial charge in [0.05, 0.1) is 0 Å². The van der Waals surface area contributed by atoms with Crippen molar-refractivity contribution in [1.29, 1.82) is 0 Å². The number of rotatable bonds is 3. The van der Waals surface area contributed by atoms with Crippen molar-refractivity contribution in [3.05, 3.63) is 11.1 Å². The van der Waals surface area contributed by atoms with Crippen LogP contribution in [0, 0.1) is 5.92 Å². The Balaban J connectivity index is 2.73. The number of carbonyl (C=O) groups excluding carboxylic acids is 1. The Bertz CT molecular complexity index is 225. The number of Topliss-reactive ketones (excluding diaryl/α,β-unsaturated/α-hetero) is 1. The third-order valence-electron chi connectivity index (χ3n) is 3.20. The third kappa shape index (κ3) is 2.43. The van der Waals surface area contributed by atoms with Gasteiger partial charge in [0.15, 0.2) is 0 Å². The van der Waals surface area contributed by atoms with Crippen molar-refractivity contribution in [2.75, 3.05) is 0 Å². The predicted molar refractivity (Wildman–Crippen MR) is 55.6 cm³/mol. The van der Waals surface area contributed by atoms with Gasteiger partial charge >= 0.3 is 0 Å². The van der Waals surface area contributed by atoms with Crippen molar-refractivity contribution in [3.8, 4) is 0 Å². The fourth-order valence-electron chi connectivity index (χ4n) is 2.28. The summed E-state index contributed by atoms with van der Waals surface area (Å²) in [7, 11) is 0. The Labute approximate surface area is 81.2 Å². The Morgan fingerprint density at radius 1 is 1.38 bits per heavy atom. The molecule has 0 spiro atoms. The molecular formula is C12H20O. The zero-order valence-electron chi connectivity index (χ0n) is 9.02. The highest BCUT2D eigenvalue weighted by Crippen LogP contribution is 2.33. The van der Waals surface area contributed by atoms with Gasteiger partial charge in [-0.1, -0.05) is 25.0 Å². The first-order chi connectivity index (χ1) is 6.19. The Morgan fingerprint density at radius 2 is 2.08 bits per heavy atom. The van der Waals surface area contributed by atoms with E-state index in [0.29, 0.717) is 11.7 Å². The van der Waals surface area contributed by atoms with Crippen molar-refractivity contribution in [3.63, 3.8) is 0 Å². The Morgan fingerprint density at radius 3 is 2.46 bits per heavy atom. The predicted octanol–water partition coefficient (Wildman–Crippen LogP) is 3.49. The van der Waals surface area contributed by atoms with Crippen LogP contribution in [0.3, 0.4) is 0 Å². The first-order valence-corrected chi connectivity index (χ1v) is 5.39. The zero-order chi connectivity index (χ0) is 9.84. The van der Waals surface area contributed by atoms with E-state index in [-0.39, 0.29) is 0 Å². The lowest BCUT2D eigenvalue weighted by Crippen LogP contribution is -2.02. The molecule has 1 fully saturated rings. The van der Waals surface area contributed by atoms with Gasteiger partial charge < -0.3 is 0 Å². The monoisotopic (exact) mass is 180 g/mol. The second-order valence-corrected chi connectivity index (χ2v) is 3.99. The van der Waals surface area contributed by atoms with Gasteiger partial charge in [0, 0.05) is 12.8 Å². The van der Waals surface area contributed by atoms with E-state index < -0.39 is 0 Å². The van der Waals surface area contributed by atoms with Gasteiger partial charge in [-0.3, -0.25) is 4.79 Å². The van der Waals surface area contributed by atoms with E-state index in [4.69, 9.17) is 0 Å². The van der Waals surface area contributed by atoms with Crippen LogP contribution >= 0.6 is 0 Å². The molecule has 0 unspecified atom stereocenters. The van der Waals surface area contributed by atoms with Gasteiger partial charge in [-0.25, -0.2) is 0 Å². The highest BCUT2D eigenvalue weighted by molar-refractivity contribution is 5.81. The maximum Gasteiger partial charge on any atom is 0.133 e. The summed E-state index contributed by atoms with van der Waals surface area (Å²) in [5.41, 5.74) is 3.05. The summed E-state index contributed by atoms with van der Waals surface area (Å²) in [5, 5.41) is 0. The van der Waals surface area contributed by atoms with Crippen LogP contribution in [-0.2, 0) is 4.79 Å². The molecule has 74 valence electrons. The second kappa shape index (κ2) is 4.59. The summed E-state index contributed by atoms with van der Waals surface area (Å²) in [4.78, 5) is 11.2. The molecule has 1 nitrogen and oxygen atoms in total. The molecule has 1 rings (SSSR count). The molecule has 0 radical (unpaired) electrons. The molecule has 1 heteroatoms. The minimum Gasteiger partial charge on any atom is -0.300 e. The van der Waals surface area contributed by atoms with Gasteiger partial charge in [0.1, 0.15) is 5.78 Å². The standard InChI is InChI=1S/C12H20O/c1-4-9(3)12(5-2)10-6-7-11(13)8-10/h10H,4-8H2,1-3H3/b12-9+/t10-/m0/s1. The number of hydrogen-bond donors (Lipinski definition) is 0. The first kappa shape index (κ1) is 10.5. The summed E-state index contributed by atoms with van der Waals surface area (Å²) in [5.74, 6) is 1.04. The molecule has 1 atom stereocenters. The van der Waals surface area contributed by atoms with Crippen LogP contribution in [0.5, 0.6) is 0 Å². The van der Waals surface area contributed by atoms with Crippen molar-refractivity contribution < 1.29 is 4.79 Å². The lowest BCUT2D eigenvalue weighted by atomic mass is 9.90. The number of ketones is 1. The molecule has 0 aromatic carbocycles. The van der Waals surface area contributed by atoms with Crippen molar-refractivity contribution >= 4 is 5.78 Å². The minimum absolute atomic E-state index is 0.458. The van der Waals surface area contributed by atoms with Gasteiger partial charge in [0.25, 0.3) is 0 Å². The average Bonchev–Trinajstić information content (AvgIpc) is 2.53. The quantitative estimate of drug-likeness (QED) is 0.607. The third-order valence-corrected chi connectivity index (χ3v) is 3.20. The SMILES string of the molecule is CC/C(C)=C(\CC)[C@H]1CCC(=O)C1. The van der Waals surface area contributed by atoms with Crippen LogP contribution in [0.2, 0.25) is 0 Å². The molecule has 0 aliphatic heterocycles. The molecule has 0 aromatic rings. The molecule has 13 heavy (non-hydrogen) atoms. The van der Waals surface area contributed by atoms with Crippen molar-refractivity contribution in [1.82, 2.24) is 0 Å². The van der Waals surface area contributed by atoms with Crippen molar-refractivity contribution in [2.24, 2.45) is 5.92 Å². The molecule has 0 aromatic heterocycles. The van der Waals surface area contributed by atoms with E-state index in [1.165, 1.54) is 5.57 Å². The zero-order valence-corrected chi connectivity index (χ0v) is 9.02. The first-order valence-electron chi connectivity index (χ1n) is 5.39. The van der Waals surface area contributed by atoms with Crippen LogP contribution in [0.1, 0.15) is 52.9 Å². The van der Waals surface area contributed by atoms with E-state index in [1.54, 1.807) is 5.57 Å². The lowest BCUT2D eigenvalue weighted by Gasteiger charge is -2.15. The average molecular weight is 180 g/mol. The summed E-state index contributed by atoms with van der Waals surface area (Å²) in [6, 6.07) is 0. The summed E-state index contributed by atoms with van der Waals surface area (Å²) in [6.45, 7) is 6.61. The molecule has 1 aliphatic carbocycles.